The number of rotatable bonds is 2. The molecule has 0 aromatic carbocycles. The van der Waals surface area contributed by atoms with Gasteiger partial charge < -0.3 is 0 Å². The van der Waals surface area contributed by atoms with Crippen molar-refractivity contribution < 1.29 is 8.78 Å². The van der Waals surface area contributed by atoms with E-state index in [0.717, 1.165) is 0 Å². The van der Waals surface area contributed by atoms with Gasteiger partial charge in [0.05, 0.1) is 3.58 Å². The van der Waals surface area contributed by atoms with Crippen LogP contribution in [0.3, 0.4) is 0 Å². The quantitative estimate of drug-likeness (QED) is 0.539. The number of allylic oxidation sites excluding steroid dienone is 2. The van der Waals surface area contributed by atoms with Crippen LogP contribution in [0.1, 0.15) is 13.3 Å². The average Bonchev–Trinajstić information content (AvgIpc) is 1.64. The lowest BCUT2D eigenvalue weighted by Crippen LogP contribution is -2.03. The summed E-state index contributed by atoms with van der Waals surface area (Å²) in [6, 6.07) is 0. The molecule has 0 nitrogen and oxygen atoms in total. The summed E-state index contributed by atoms with van der Waals surface area (Å²) in [7, 11) is 0. The largest absolute Gasteiger partial charge is 0.331 e. The topological polar surface area (TPSA) is 0 Å². The maximum absolute atomic E-state index is 12.1. The van der Waals surface area contributed by atoms with E-state index in [1.807, 2.05) is 6.92 Å². The molecule has 0 bridgehead atoms. The Labute approximate surface area is 75.0 Å². The summed E-state index contributed by atoms with van der Waals surface area (Å²) in [5, 5.41) is 0. The van der Waals surface area contributed by atoms with Crippen molar-refractivity contribution in [2.45, 2.75) is 18.2 Å². The van der Waals surface area contributed by atoms with Crippen LogP contribution in [0.5, 0.6) is 0 Å². The molecule has 0 N–H and O–H groups in total. The van der Waals surface area contributed by atoms with E-state index in [9.17, 15) is 8.78 Å². The van der Waals surface area contributed by atoms with Crippen molar-refractivity contribution in [2.24, 2.45) is 0 Å². The first-order valence-corrected chi connectivity index (χ1v) is 4.28. The Bertz CT molecular complexity index is 117. The Morgan fingerprint density at radius 3 is 2.33 bits per heavy atom. The fourth-order valence-corrected chi connectivity index (χ4v) is 0.897. The van der Waals surface area contributed by atoms with Crippen molar-refractivity contribution in [3.63, 3.8) is 0 Å². The molecule has 0 atom stereocenters. The molecule has 54 valence electrons. The fraction of sp³-hybridized carbons (Fsp3) is 0.600. The molecule has 0 amide bonds. The van der Waals surface area contributed by atoms with Gasteiger partial charge in [0, 0.05) is 0 Å². The summed E-state index contributed by atoms with van der Waals surface area (Å²) >= 11 is 3.85. The third-order valence-electron chi connectivity index (χ3n) is 0.654. The molecule has 0 aliphatic carbocycles. The number of hydrogen-bond acceptors (Lipinski definition) is 0. The molecule has 0 aliphatic rings. The summed E-state index contributed by atoms with van der Waals surface area (Å²) in [5.74, 6) is 0. The van der Waals surface area contributed by atoms with Crippen LogP contribution in [-0.4, -0.2) is 4.83 Å². The predicted molar refractivity (Wildman–Crippen MR) is 46.3 cm³/mol. The maximum Gasteiger partial charge on any atom is 0.331 e. The van der Waals surface area contributed by atoms with Gasteiger partial charge in [-0.15, -0.1) is 0 Å². The highest BCUT2D eigenvalue weighted by Gasteiger charge is 2.27. The normalized spacial score (nSPS) is 14.1. The van der Waals surface area contributed by atoms with Gasteiger partial charge in [-0.1, -0.05) is 13.0 Å². The second kappa shape index (κ2) is 3.85. The minimum atomic E-state index is -2.83. The third kappa shape index (κ3) is 4.25. The first kappa shape index (κ1) is 9.81. The van der Waals surface area contributed by atoms with Crippen LogP contribution >= 0.6 is 38.5 Å². The molecule has 0 saturated heterocycles. The monoisotopic (exact) mass is 310 g/mol. The fourth-order valence-electron chi connectivity index (χ4n) is 0.295. The zero-order valence-electron chi connectivity index (χ0n) is 4.80. The van der Waals surface area contributed by atoms with E-state index in [2.05, 4.69) is 15.9 Å². The summed E-state index contributed by atoms with van der Waals surface area (Å²) in [4.78, 5) is -2.83. The van der Waals surface area contributed by atoms with Crippen LogP contribution in [0.2, 0.25) is 0 Å². The molecule has 0 saturated carbocycles. The summed E-state index contributed by atoms with van der Waals surface area (Å²) in [5.41, 5.74) is 0. The molecule has 0 fully saturated rings. The Morgan fingerprint density at radius 1 is 1.78 bits per heavy atom. The molecule has 0 radical (unpaired) electrons. The lowest BCUT2D eigenvalue weighted by Gasteiger charge is -2.04. The molecule has 0 rings (SSSR count). The zero-order valence-corrected chi connectivity index (χ0v) is 8.54. The van der Waals surface area contributed by atoms with Crippen molar-refractivity contribution in [3.8, 4) is 0 Å². The summed E-state index contributed by atoms with van der Waals surface area (Å²) < 4.78 is 24.3. The van der Waals surface area contributed by atoms with Crippen molar-refractivity contribution in [3.05, 3.63) is 9.66 Å². The molecular weight excluding hydrogens is 305 g/mol. The zero-order chi connectivity index (χ0) is 7.49. The van der Waals surface area contributed by atoms with Gasteiger partial charge in [-0.3, -0.25) is 0 Å². The molecule has 9 heavy (non-hydrogen) atoms. The van der Waals surface area contributed by atoms with E-state index in [0.29, 0.717) is 6.42 Å². The van der Waals surface area contributed by atoms with Crippen LogP contribution in [-0.2, 0) is 0 Å². The third-order valence-corrected chi connectivity index (χ3v) is 2.94. The van der Waals surface area contributed by atoms with E-state index >= 15 is 0 Å². The minimum absolute atomic E-state index is 0.0441. The first-order valence-electron chi connectivity index (χ1n) is 2.41. The first-order chi connectivity index (χ1) is 3.98. The van der Waals surface area contributed by atoms with Gasteiger partial charge in [-0.2, -0.15) is 8.78 Å². The molecule has 0 unspecified atom stereocenters. The predicted octanol–water partition coefficient (Wildman–Crippen LogP) is 3.70. The lowest BCUT2D eigenvalue weighted by molar-refractivity contribution is 0.169. The van der Waals surface area contributed by atoms with Crippen LogP contribution in [0.25, 0.3) is 0 Å². The van der Waals surface area contributed by atoms with E-state index in [4.69, 9.17) is 0 Å². The maximum atomic E-state index is 12.1. The van der Waals surface area contributed by atoms with Gasteiger partial charge in [-0.05, 0) is 44.9 Å². The van der Waals surface area contributed by atoms with E-state index in [1.165, 1.54) is 6.08 Å². The van der Waals surface area contributed by atoms with Gasteiger partial charge >= 0.3 is 4.83 Å². The SMILES string of the molecule is CCC=C(I)C(F)(F)Br. The number of halogens is 4. The van der Waals surface area contributed by atoms with Crippen molar-refractivity contribution in [1.82, 2.24) is 0 Å². The number of hydrogen-bond donors (Lipinski definition) is 0. The lowest BCUT2D eigenvalue weighted by atomic mass is 10.4. The Hall–Kier alpha value is 0.810. The van der Waals surface area contributed by atoms with Gasteiger partial charge in [0.15, 0.2) is 0 Å². The molecular formula is C5H6BrF2I. The van der Waals surface area contributed by atoms with Crippen LogP contribution < -0.4 is 0 Å². The van der Waals surface area contributed by atoms with Crippen LogP contribution in [0, 0.1) is 0 Å². The van der Waals surface area contributed by atoms with Gasteiger partial charge in [0.2, 0.25) is 0 Å². The van der Waals surface area contributed by atoms with Gasteiger partial charge in [0.1, 0.15) is 0 Å². The van der Waals surface area contributed by atoms with Gasteiger partial charge in [-0.25, -0.2) is 0 Å². The molecule has 0 heterocycles. The molecule has 0 aromatic heterocycles. The Kier molecular flexibility index (Phi) is 4.20. The summed E-state index contributed by atoms with van der Waals surface area (Å²) in [6.45, 7) is 1.82. The van der Waals surface area contributed by atoms with E-state index in [-0.39, 0.29) is 3.58 Å². The highest BCUT2D eigenvalue weighted by molar-refractivity contribution is 14.1. The van der Waals surface area contributed by atoms with Crippen LogP contribution in [0.4, 0.5) is 8.78 Å². The molecule has 0 aliphatic heterocycles. The van der Waals surface area contributed by atoms with E-state index in [1.54, 1.807) is 22.6 Å². The Balaban J connectivity index is 4.03. The van der Waals surface area contributed by atoms with Gasteiger partial charge in [0.25, 0.3) is 0 Å². The minimum Gasteiger partial charge on any atom is -0.188 e. The standard InChI is InChI=1S/C5H6BrF2I/c1-2-3-4(9)5(6,7)8/h3H,2H2,1H3. The van der Waals surface area contributed by atoms with Crippen molar-refractivity contribution in [2.75, 3.05) is 0 Å². The van der Waals surface area contributed by atoms with Crippen LogP contribution in [0.15, 0.2) is 9.66 Å². The smallest absolute Gasteiger partial charge is 0.188 e. The van der Waals surface area contributed by atoms with E-state index < -0.39 is 4.83 Å². The number of alkyl halides is 3. The van der Waals surface area contributed by atoms with Crippen molar-refractivity contribution in [1.29, 1.82) is 0 Å². The highest BCUT2D eigenvalue weighted by atomic mass is 127. The summed E-state index contributed by atoms with van der Waals surface area (Å²) in [6.07, 6.45) is 2.12. The second-order valence-electron chi connectivity index (χ2n) is 1.46. The second-order valence-corrected chi connectivity index (χ2v) is 3.62. The average molecular weight is 311 g/mol. The molecule has 4 heteroatoms. The molecule has 0 spiro atoms. The molecule has 0 aromatic rings. The highest BCUT2D eigenvalue weighted by Crippen LogP contribution is 2.35. The van der Waals surface area contributed by atoms with Crippen molar-refractivity contribution >= 4 is 38.5 Å². The Morgan fingerprint density at radius 2 is 2.22 bits per heavy atom.